The molecule has 10 heteroatoms. The fourth-order valence-corrected chi connectivity index (χ4v) is 4.01. The summed E-state index contributed by atoms with van der Waals surface area (Å²) in [6.45, 7) is -0.597. The Hall–Kier alpha value is -4.01. The van der Waals surface area contributed by atoms with Crippen molar-refractivity contribution in [2.24, 2.45) is 10.9 Å². The molecule has 0 saturated carbocycles. The number of rotatable bonds is 6. The largest absolute Gasteiger partial charge is 0.322 e. The van der Waals surface area contributed by atoms with E-state index in [1.165, 1.54) is 36.4 Å². The summed E-state index contributed by atoms with van der Waals surface area (Å²) in [4.78, 5) is 53.8. The molecule has 3 amide bonds. The molecule has 0 unspecified atom stereocenters. The van der Waals surface area contributed by atoms with E-state index in [0.717, 1.165) is 16.1 Å². The molecule has 3 aromatic rings. The number of imide groups is 1. The Morgan fingerprint density at radius 3 is 2.15 bits per heavy atom. The molecule has 1 heterocycles. The van der Waals surface area contributed by atoms with E-state index in [2.05, 4.69) is 5.10 Å². The highest BCUT2D eigenvalue weighted by molar-refractivity contribution is 6.36. The molecule has 34 heavy (non-hydrogen) atoms. The van der Waals surface area contributed by atoms with Crippen molar-refractivity contribution in [1.82, 2.24) is 4.90 Å². The van der Waals surface area contributed by atoms with Crippen molar-refractivity contribution in [3.63, 3.8) is 0 Å². The molecule has 170 valence electrons. The molecule has 0 radical (unpaired) electrons. The van der Waals surface area contributed by atoms with Crippen LogP contribution in [0, 0.1) is 0 Å². The van der Waals surface area contributed by atoms with Crippen molar-refractivity contribution in [2.45, 2.75) is 0 Å². The van der Waals surface area contributed by atoms with Crippen LogP contribution in [0.25, 0.3) is 0 Å². The van der Waals surface area contributed by atoms with Crippen molar-refractivity contribution in [3.05, 3.63) is 99.0 Å². The summed E-state index contributed by atoms with van der Waals surface area (Å²) in [5, 5.41) is 3.88. The molecule has 0 aromatic heterocycles. The number of nitrogens with zero attached hydrogens (tertiary/aromatic N) is 3. The highest BCUT2D eigenvalue weighted by atomic mass is 35.5. The average Bonchev–Trinajstić information content (AvgIpc) is 3.07. The molecule has 0 fully saturated rings. The summed E-state index contributed by atoms with van der Waals surface area (Å²) in [6, 6.07) is 17.0. The van der Waals surface area contributed by atoms with E-state index in [0.29, 0.717) is 0 Å². The van der Waals surface area contributed by atoms with E-state index in [1.54, 1.807) is 30.3 Å². The molecule has 8 nitrogen and oxygen atoms in total. The zero-order valence-electron chi connectivity index (χ0n) is 17.4. The van der Waals surface area contributed by atoms with Crippen molar-refractivity contribution in [2.75, 3.05) is 11.4 Å². The first kappa shape index (κ1) is 23.2. The van der Waals surface area contributed by atoms with Gasteiger partial charge in [-0.2, -0.15) is 5.10 Å². The topological polar surface area (TPSA) is 113 Å². The van der Waals surface area contributed by atoms with Crippen molar-refractivity contribution >= 4 is 58.7 Å². The number of amides is 3. The van der Waals surface area contributed by atoms with Crippen LogP contribution in [0.3, 0.4) is 0 Å². The maximum Gasteiger partial charge on any atom is 0.262 e. The number of anilines is 1. The van der Waals surface area contributed by atoms with Crippen molar-refractivity contribution in [1.29, 1.82) is 0 Å². The van der Waals surface area contributed by atoms with Gasteiger partial charge in [0.1, 0.15) is 12.9 Å². The Balaban J connectivity index is 1.70. The van der Waals surface area contributed by atoms with E-state index in [-0.39, 0.29) is 38.0 Å². The molecule has 0 saturated heterocycles. The molecule has 1 aliphatic heterocycles. The molecule has 2 N–H and O–H groups in total. The van der Waals surface area contributed by atoms with Crippen molar-refractivity contribution < 1.29 is 19.2 Å². The summed E-state index contributed by atoms with van der Waals surface area (Å²) in [6.07, 6.45) is 0.993. The van der Waals surface area contributed by atoms with Gasteiger partial charge in [0.25, 0.3) is 17.7 Å². The van der Waals surface area contributed by atoms with Crippen LogP contribution in [0.2, 0.25) is 10.0 Å². The van der Waals surface area contributed by atoms with Gasteiger partial charge in [-0.25, -0.2) is 0 Å². The SMILES string of the molecule is NN=CN(C(=O)CN1C(=O)c2ccccc2C1=O)c1ccc(Cl)cc1C(=O)c1ccccc1Cl. The molecule has 0 atom stereocenters. The van der Waals surface area contributed by atoms with E-state index in [1.807, 2.05) is 0 Å². The van der Waals surface area contributed by atoms with Crippen LogP contribution < -0.4 is 10.7 Å². The lowest BCUT2D eigenvalue weighted by Crippen LogP contribution is -2.43. The van der Waals surface area contributed by atoms with Gasteiger partial charge in [-0.1, -0.05) is 47.5 Å². The smallest absolute Gasteiger partial charge is 0.262 e. The number of hydrazone groups is 1. The standard InChI is InChI=1S/C24H16Cl2N4O4/c25-14-9-10-20(18(11-14)22(32)17-7-3-4-8-19(17)26)30(13-28-27)21(31)12-29-23(33)15-5-1-2-6-16(15)24(29)34/h1-11,13H,12,27H2. The number of carbonyl (C=O) groups is 4. The van der Waals surface area contributed by atoms with Gasteiger partial charge in [0.2, 0.25) is 0 Å². The van der Waals surface area contributed by atoms with Gasteiger partial charge in [-0.3, -0.25) is 29.0 Å². The maximum absolute atomic E-state index is 13.3. The lowest BCUT2D eigenvalue weighted by atomic mass is 10.0. The highest BCUT2D eigenvalue weighted by Crippen LogP contribution is 2.29. The Morgan fingerprint density at radius 2 is 1.53 bits per heavy atom. The van der Waals surface area contributed by atoms with Gasteiger partial charge in [-0.15, -0.1) is 0 Å². The molecular weight excluding hydrogens is 479 g/mol. The second-order valence-corrected chi connectivity index (χ2v) is 8.08. The molecular formula is C24H16Cl2N4O4. The minimum Gasteiger partial charge on any atom is -0.322 e. The number of benzene rings is 3. The van der Waals surface area contributed by atoms with Gasteiger partial charge < -0.3 is 5.84 Å². The maximum atomic E-state index is 13.3. The average molecular weight is 495 g/mol. The second-order valence-electron chi connectivity index (χ2n) is 7.24. The van der Waals surface area contributed by atoms with Gasteiger partial charge in [-0.05, 0) is 42.5 Å². The summed E-state index contributed by atoms with van der Waals surface area (Å²) >= 11 is 12.3. The quantitative estimate of drug-likeness (QED) is 0.140. The van der Waals surface area contributed by atoms with E-state index in [9.17, 15) is 19.2 Å². The predicted octanol–water partition coefficient (Wildman–Crippen LogP) is 3.76. The first-order valence-electron chi connectivity index (χ1n) is 9.93. The summed E-state index contributed by atoms with van der Waals surface area (Å²) < 4.78 is 0. The minimum atomic E-state index is -0.723. The van der Waals surface area contributed by atoms with Crippen LogP contribution in [0.5, 0.6) is 0 Å². The van der Waals surface area contributed by atoms with Crippen LogP contribution in [0.1, 0.15) is 36.6 Å². The number of hydrogen-bond acceptors (Lipinski definition) is 6. The first-order valence-corrected chi connectivity index (χ1v) is 10.7. The van der Waals surface area contributed by atoms with Gasteiger partial charge >= 0.3 is 0 Å². The third kappa shape index (κ3) is 4.16. The Morgan fingerprint density at radius 1 is 0.912 bits per heavy atom. The highest BCUT2D eigenvalue weighted by Gasteiger charge is 2.37. The van der Waals surface area contributed by atoms with Crippen LogP contribution in [-0.4, -0.2) is 41.3 Å². The molecule has 3 aromatic carbocycles. The Kier molecular flexibility index (Phi) is 6.45. The number of halogens is 2. The van der Waals surface area contributed by atoms with Crippen LogP contribution in [-0.2, 0) is 4.79 Å². The van der Waals surface area contributed by atoms with E-state index < -0.39 is 30.0 Å². The minimum absolute atomic E-state index is 0.0520. The van der Waals surface area contributed by atoms with Crippen LogP contribution in [0.15, 0.2) is 71.8 Å². The summed E-state index contributed by atoms with van der Waals surface area (Å²) in [7, 11) is 0. The molecule has 0 aliphatic carbocycles. The second kappa shape index (κ2) is 9.46. The fourth-order valence-electron chi connectivity index (χ4n) is 3.61. The molecule has 1 aliphatic rings. The third-order valence-electron chi connectivity index (χ3n) is 5.20. The molecule has 0 bridgehead atoms. The van der Waals surface area contributed by atoms with E-state index >= 15 is 0 Å². The monoisotopic (exact) mass is 494 g/mol. The predicted molar refractivity (Wildman–Crippen MR) is 128 cm³/mol. The lowest BCUT2D eigenvalue weighted by molar-refractivity contribution is -0.118. The lowest BCUT2D eigenvalue weighted by Gasteiger charge is -2.23. The number of carbonyl (C=O) groups excluding carboxylic acids is 4. The number of hydrogen-bond donors (Lipinski definition) is 1. The van der Waals surface area contributed by atoms with Crippen LogP contribution >= 0.6 is 23.2 Å². The van der Waals surface area contributed by atoms with Gasteiger partial charge in [0, 0.05) is 16.1 Å². The van der Waals surface area contributed by atoms with Crippen molar-refractivity contribution in [3.8, 4) is 0 Å². The van der Waals surface area contributed by atoms with Gasteiger partial charge in [0.15, 0.2) is 5.78 Å². The van der Waals surface area contributed by atoms with E-state index in [4.69, 9.17) is 29.0 Å². The number of ketones is 1. The number of nitrogens with two attached hydrogens (primary N) is 1. The zero-order valence-corrected chi connectivity index (χ0v) is 19.0. The number of fused-ring (bicyclic) bond motifs is 1. The molecule has 0 spiro atoms. The molecule has 4 rings (SSSR count). The zero-order chi connectivity index (χ0) is 24.4. The first-order chi connectivity index (χ1) is 16.3. The Bertz CT molecular complexity index is 1340. The summed E-state index contributed by atoms with van der Waals surface area (Å²) in [5.41, 5.74) is 0.771. The fraction of sp³-hybridized carbons (Fsp3) is 0.0417. The van der Waals surface area contributed by atoms with Crippen LogP contribution in [0.4, 0.5) is 5.69 Å². The Labute approximate surface area is 204 Å². The normalized spacial score (nSPS) is 12.8. The summed E-state index contributed by atoms with van der Waals surface area (Å²) in [5.74, 6) is 2.92. The third-order valence-corrected chi connectivity index (χ3v) is 5.77. The van der Waals surface area contributed by atoms with Gasteiger partial charge in [0.05, 0.1) is 21.8 Å².